The van der Waals surface area contributed by atoms with Gasteiger partial charge in [-0.2, -0.15) is 0 Å². The first-order chi connectivity index (χ1) is 11.2. The minimum Gasteiger partial charge on any atom is -0.326 e. The van der Waals surface area contributed by atoms with Crippen LogP contribution in [0.25, 0.3) is 11.0 Å². The molecule has 0 radical (unpaired) electrons. The highest BCUT2D eigenvalue weighted by molar-refractivity contribution is 5.76. The molecule has 1 aromatic heterocycles. The first-order valence-electron chi connectivity index (χ1n) is 9.40. The molecule has 126 valence electrons. The fourth-order valence-electron chi connectivity index (χ4n) is 3.69. The Morgan fingerprint density at radius 3 is 2.43 bits per heavy atom. The minimum absolute atomic E-state index is 0.407. The molecule has 1 saturated heterocycles. The molecular weight excluding hydrogens is 282 g/mol. The SMILES string of the molecule is CCC(C)Cn1c(C(C)N2CCCCCC2)nc2ccccc21. The lowest BCUT2D eigenvalue weighted by atomic mass is 10.1. The second kappa shape index (κ2) is 7.48. The Labute approximate surface area is 140 Å². The van der Waals surface area contributed by atoms with E-state index < -0.39 is 0 Å². The molecule has 2 heterocycles. The van der Waals surface area contributed by atoms with E-state index in [0.29, 0.717) is 12.0 Å². The summed E-state index contributed by atoms with van der Waals surface area (Å²) in [7, 11) is 0. The van der Waals surface area contributed by atoms with Gasteiger partial charge in [0.1, 0.15) is 5.82 Å². The van der Waals surface area contributed by atoms with Gasteiger partial charge in [0.15, 0.2) is 0 Å². The summed E-state index contributed by atoms with van der Waals surface area (Å²) in [6.45, 7) is 10.5. The topological polar surface area (TPSA) is 21.1 Å². The van der Waals surface area contributed by atoms with Crippen LogP contribution in [0, 0.1) is 5.92 Å². The van der Waals surface area contributed by atoms with Crippen molar-refractivity contribution in [1.29, 1.82) is 0 Å². The van der Waals surface area contributed by atoms with E-state index in [-0.39, 0.29) is 0 Å². The summed E-state index contributed by atoms with van der Waals surface area (Å²) in [5.74, 6) is 1.94. The number of fused-ring (bicyclic) bond motifs is 1. The van der Waals surface area contributed by atoms with Crippen LogP contribution in [0.15, 0.2) is 24.3 Å². The van der Waals surface area contributed by atoms with Crippen LogP contribution in [-0.4, -0.2) is 27.5 Å². The predicted octanol–water partition coefficient (Wildman–Crippen LogP) is 5.02. The van der Waals surface area contributed by atoms with Crippen LogP contribution in [0.2, 0.25) is 0 Å². The van der Waals surface area contributed by atoms with Crippen molar-refractivity contribution in [2.24, 2.45) is 5.92 Å². The van der Waals surface area contributed by atoms with E-state index in [9.17, 15) is 0 Å². The second-order valence-corrected chi connectivity index (χ2v) is 7.21. The maximum absolute atomic E-state index is 5.03. The Morgan fingerprint density at radius 2 is 1.74 bits per heavy atom. The highest BCUT2D eigenvalue weighted by Crippen LogP contribution is 2.28. The van der Waals surface area contributed by atoms with E-state index in [1.165, 1.54) is 56.5 Å². The van der Waals surface area contributed by atoms with Gasteiger partial charge in [0.05, 0.1) is 17.1 Å². The molecule has 2 aromatic rings. The standard InChI is InChI=1S/C20H31N3/c1-4-16(2)15-23-19-12-8-7-11-18(19)21-20(23)17(3)22-13-9-5-6-10-14-22/h7-8,11-12,16-17H,4-6,9-10,13-15H2,1-3H3. The second-order valence-electron chi connectivity index (χ2n) is 7.21. The first-order valence-corrected chi connectivity index (χ1v) is 9.40. The first kappa shape index (κ1) is 16.5. The normalized spacial score (nSPS) is 19.6. The van der Waals surface area contributed by atoms with Gasteiger partial charge in [-0.3, -0.25) is 4.90 Å². The van der Waals surface area contributed by atoms with Crippen LogP contribution in [0.3, 0.4) is 0 Å². The lowest BCUT2D eigenvalue weighted by Gasteiger charge is -2.28. The van der Waals surface area contributed by atoms with Gasteiger partial charge in [-0.1, -0.05) is 45.2 Å². The molecule has 0 aliphatic carbocycles. The Bertz CT molecular complexity index is 623. The zero-order valence-electron chi connectivity index (χ0n) is 15.0. The Balaban J connectivity index is 1.95. The van der Waals surface area contributed by atoms with E-state index in [2.05, 4.69) is 54.5 Å². The number of imidazole rings is 1. The highest BCUT2D eigenvalue weighted by atomic mass is 15.2. The summed E-state index contributed by atoms with van der Waals surface area (Å²) in [4.78, 5) is 7.67. The van der Waals surface area contributed by atoms with Crippen molar-refractivity contribution >= 4 is 11.0 Å². The molecule has 2 unspecified atom stereocenters. The van der Waals surface area contributed by atoms with Crippen molar-refractivity contribution < 1.29 is 0 Å². The van der Waals surface area contributed by atoms with Crippen molar-refractivity contribution in [3.8, 4) is 0 Å². The maximum atomic E-state index is 5.03. The van der Waals surface area contributed by atoms with Gasteiger partial charge >= 0.3 is 0 Å². The molecule has 23 heavy (non-hydrogen) atoms. The lowest BCUT2D eigenvalue weighted by molar-refractivity contribution is 0.206. The number of aromatic nitrogens is 2. The van der Waals surface area contributed by atoms with Crippen molar-refractivity contribution in [3.63, 3.8) is 0 Å². The van der Waals surface area contributed by atoms with Crippen molar-refractivity contribution in [2.75, 3.05) is 13.1 Å². The molecule has 0 N–H and O–H groups in total. The van der Waals surface area contributed by atoms with E-state index in [1.54, 1.807) is 0 Å². The maximum Gasteiger partial charge on any atom is 0.127 e. The van der Waals surface area contributed by atoms with Crippen molar-refractivity contribution in [1.82, 2.24) is 14.5 Å². The van der Waals surface area contributed by atoms with Crippen LogP contribution < -0.4 is 0 Å². The smallest absolute Gasteiger partial charge is 0.127 e. The molecule has 0 spiro atoms. The van der Waals surface area contributed by atoms with E-state index in [0.717, 1.165) is 12.1 Å². The molecule has 3 nitrogen and oxygen atoms in total. The molecule has 1 aromatic carbocycles. The van der Waals surface area contributed by atoms with E-state index >= 15 is 0 Å². The molecule has 0 saturated carbocycles. The summed E-state index contributed by atoms with van der Waals surface area (Å²) in [5.41, 5.74) is 2.44. The molecular formula is C20H31N3. The summed E-state index contributed by atoms with van der Waals surface area (Å²) < 4.78 is 2.49. The number of para-hydroxylation sites is 2. The van der Waals surface area contributed by atoms with Crippen molar-refractivity contribution in [2.45, 2.75) is 65.5 Å². The molecule has 0 amide bonds. The third-order valence-electron chi connectivity index (χ3n) is 5.44. The quantitative estimate of drug-likeness (QED) is 0.773. The van der Waals surface area contributed by atoms with Gasteiger partial charge in [0.25, 0.3) is 0 Å². The van der Waals surface area contributed by atoms with Gasteiger partial charge in [0, 0.05) is 6.54 Å². The molecule has 0 bridgehead atoms. The third kappa shape index (κ3) is 3.60. The average molecular weight is 313 g/mol. The average Bonchev–Trinajstić information content (AvgIpc) is 2.76. The summed E-state index contributed by atoms with van der Waals surface area (Å²) in [5, 5.41) is 0. The zero-order valence-corrected chi connectivity index (χ0v) is 15.0. The molecule has 1 fully saturated rings. The summed E-state index contributed by atoms with van der Waals surface area (Å²) in [6, 6.07) is 9.02. The molecule has 3 heteroatoms. The number of nitrogens with zero attached hydrogens (tertiary/aromatic N) is 3. The van der Waals surface area contributed by atoms with Crippen LogP contribution in [0.1, 0.15) is 64.7 Å². The van der Waals surface area contributed by atoms with Crippen LogP contribution in [-0.2, 0) is 6.54 Å². The lowest BCUT2D eigenvalue weighted by Crippen LogP contribution is -2.30. The fraction of sp³-hybridized carbons (Fsp3) is 0.650. The van der Waals surface area contributed by atoms with E-state index in [1.807, 2.05) is 0 Å². The summed E-state index contributed by atoms with van der Waals surface area (Å²) >= 11 is 0. The number of likely N-dealkylation sites (tertiary alicyclic amines) is 1. The zero-order chi connectivity index (χ0) is 16.2. The van der Waals surface area contributed by atoms with Gasteiger partial charge in [-0.25, -0.2) is 4.98 Å². The van der Waals surface area contributed by atoms with Gasteiger partial charge < -0.3 is 4.57 Å². The Hall–Kier alpha value is -1.35. The van der Waals surface area contributed by atoms with Crippen LogP contribution in [0.4, 0.5) is 0 Å². The number of hydrogen-bond donors (Lipinski definition) is 0. The molecule has 1 aliphatic heterocycles. The molecule has 3 rings (SSSR count). The van der Waals surface area contributed by atoms with Gasteiger partial charge in [-0.05, 0) is 50.9 Å². The Kier molecular flexibility index (Phi) is 5.37. The van der Waals surface area contributed by atoms with Crippen LogP contribution >= 0.6 is 0 Å². The fourth-order valence-corrected chi connectivity index (χ4v) is 3.69. The van der Waals surface area contributed by atoms with Gasteiger partial charge in [-0.15, -0.1) is 0 Å². The minimum atomic E-state index is 0.407. The third-order valence-corrected chi connectivity index (χ3v) is 5.44. The number of benzene rings is 1. The number of hydrogen-bond acceptors (Lipinski definition) is 2. The predicted molar refractivity (Wildman–Crippen MR) is 97.6 cm³/mol. The summed E-state index contributed by atoms with van der Waals surface area (Å²) in [6.07, 6.45) is 6.63. The van der Waals surface area contributed by atoms with Crippen molar-refractivity contribution in [3.05, 3.63) is 30.1 Å². The van der Waals surface area contributed by atoms with Gasteiger partial charge in [0.2, 0.25) is 0 Å². The molecule has 1 aliphatic rings. The monoisotopic (exact) mass is 313 g/mol. The van der Waals surface area contributed by atoms with Crippen LogP contribution in [0.5, 0.6) is 0 Å². The van der Waals surface area contributed by atoms with E-state index in [4.69, 9.17) is 4.98 Å². The molecule has 2 atom stereocenters. The highest BCUT2D eigenvalue weighted by Gasteiger charge is 2.23. The largest absolute Gasteiger partial charge is 0.326 e. The Morgan fingerprint density at radius 1 is 1.04 bits per heavy atom. The number of rotatable bonds is 5.